The number of benzene rings is 1. The number of ether oxygens (including phenoxy) is 1. The first-order valence-electron chi connectivity index (χ1n) is 6.56. The second-order valence-electron chi connectivity index (χ2n) is 4.69. The summed E-state index contributed by atoms with van der Waals surface area (Å²) in [5, 5.41) is 0.476. The van der Waals surface area contributed by atoms with Gasteiger partial charge in [-0.05, 0) is 25.3 Å². The van der Waals surface area contributed by atoms with Crippen molar-refractivity contribution < 1.29 is 9.53 Å². The Hall–Kier alpha value is -0.800. The van der Waals surface area contributed by atoms with E-state index in [1.54, 1.807) is 11.8 Å². The van der Waals surface area contributed by atoms with Gasteiger partial charge in [-0.2, -0.15) is 0 Å². The molecule has 0 aliphatic carbocycles. The van der Waals surface area contributed by atoms with E-state index >= 15 is 0 Å². The minimum Gasteiger partial charge on any atom is -0.377 e. The van der Waals surface area contributed by atoms with Crippen molar-refractivity contribution in [3.8, 4) is 0 Å². The van der Waals surface area contributed by atoms with Crippen LogP contribution in [0.1, 0.15) is 36.2 Å². The topological polar surface area (TPSA) is 26.3 Å². The molecule has 2 rings (SSSR count). The molecule has 3 heteroatoms. The van der Waals surface area contributed by atoms with Crippen molar-refractivity contribution in [2.45, 2.75) is 38.0 Å². The van der Waals surface area contributed by atoms with Gasteiger partial charge in [-0.15, -0.1) is 11.8 Å². The molecular weight excluding hydrogens is 244 g/mol. The second kappa shape index (κ2) is 6.39. The first kappa shape index (κ1) is 13.6. The lowest BCUT2D eigenvalue weighted by atomic mass is 10.1. The smallest absolute Gasteiger partial charge is 0.172 e. The van der Waals surface area contributed by atoms with Gasteiger partial charge in [-0.3, -0.25) is 4.79 Å². The molecule has 1 aliphatic heterocycles. The fraction of sp³-hybridized carbons (Fsp3) is 0.533. The number of aryl methyl sites for hydroxylation is 1. The number of rotatable bonds is 5. The second-order valence-corrected chi connectivity index (χ2v) is 5.92. The van der Waals surface area contributed by atoms with E-state index in [-0.39, 0.29) is 11.9 Å². The largest absolute Gasteiger partial charge is 0.377 e. The van der Waals surface area contributed by atoms with Crippen LogP contribution in [0.25, 0.3) is 0 Å². The Morgan fingerprint density at radius 1 is 1.39 bits per heavy atom. The van der Waals surface area contributed by atoms with Gasteiger partial charge in [0.05, 0.1) is 11.9 Å². The maximum absolute atomic E-state index is 12.0. The molecule has 1 heterocycles. The molecule has 1 aromatic carbocycles. The summed E-state index contributed by atoms with van der Waals surface area (Å²) < 4.78 is 5.50. The summed E-state index contributed by atoms with van der Waals surface area (Å²) in [6.07, 6.45) is 2.36. The lowest BCUT2D eigenvalue weighted by Crippen LogP contribution is -2.16. The monoisotopic (exact) mass is 264 g/mol. The summed E-state index contributed by atoms with van der Waals surface area (Å²) in [5.74, 6) is 0.783. The average Bonchev–Trinajstić information content (AvgIpc) is 2.81. The Balaban J connectivity index is 1.87. The van der Waals surface area contributed by atoms with Gasteiger partial charge in [0.15, 0.2) is 5.78 Å². The zero-order valence-electron chi connectivity index (χ0n) is 11.0. The molecule has 1 saturated heterocycles. The highest BCUT2D eigenvalue weighted by molar-refractivity contribution is 8.00. The molecular formula is C15H20O2S. The number of thioether (sulfide) groups is 1. The van der Waals surface area contributed by atoms with Crippen LogP contribution in [-0.4, -0.2) is 29.5 Å². The lowest BCUT2D eigenvalue weighted by molar-refractivity contribution is 0.102. The van der Waals surface area contributed by atoms with Crippen molar-refractivity contribution in [3.63, 3.8) is 0 Å². The lowest BCUT2D eigenvalue weighted by Gasteiger charge is -2.12. The highest BCUT2D eigenvalue weighted by atomic mass is 32.2. The Morgan fingerprint density at radius 2 is 2.11 bits per heavy atom. The first-order chi connectivity index (χ1) is 8.70. The quantitative estimate of drug-likeness (QED) is 0.763. The molecule has 0 spiro atoms. The number of Topliss-reactive ketones (excluding diaryl/α,β-unsaturated/α-hetero) is 1. The van der Waals surface area contributed by atoms with E-state index in [4.69, 9.17) is 4.74 Å². The third-order valence-corrected chi connectivity index (χ3v) is 4.90. The Labute approximate surface area is 113 Å². The van der Waals surface area contributed by atoms with Gasteiger partial charge in [0.1, 0.15) is 0 Å². The van der Waals surface area contributed by atoms with Gasteiger partial charge < -0.3 is 4.74 Å². The molecule has 0 N–H and O–H groups in total. The Morgan fingerprint density at radius 3 is 2.67 bits per heavy atom. The van der Waals surface area contributed by atoms with E-state index in [2.05, 4.69) is 13.8 Å². The third kappa shape index (κ3) is 3.36. The Kier molecular flexibility index (Phi) is 4.84. The molecule has 1 aliphatic rings. The van der Waals surface area contributed by atoms with E-state index < -0.39 is 0 Å². The molecule has 1 aromatic rings. The predicted octanol–water partition coefficient (Wildman–Crippen LogP) is 3.34. The number of carbonyl (C=O) groups is 1. The molecule has 1 fully saturated rings. The maximum Gasteiger partial charge on any atom is 0.172 e. The van der Waals surface area contributed by atoms with Gasteiger partial charge in [0.25, 0.3) is 0 Å². The van der Waals surface area contributed by atoms with Crippen LogP contribution in [0.15, 0.2) is 24.3 Å². The van der Waals surface area contributed by atoms with Gasteiger partial charge in [0.2, 0.25) is 0 Å². The third-order valence-electron chi connectivity index (χ3n) is 3.42. The maximum atomic E-state index is 12.0. The number of hydrogen-bond acceptors (Lipinski definition) is 3. The van der Waals surface area contributed by atoms with Gasteiger partial charge in [0, 0.05) is 17.4 Å². The minimum absolute atomic E-state index is 0.224. The van der Waals surface area contributed by atoms with E-state index in [1.807, 2.05) is 24.3 Å². The highest BCUT2D eigenvalue weighted by Crippen LogP contribution is 2.26. The summed E-state index contributed by atoms with van der Waals surface area (Å²) in [5.41, 5.74) is 2.10. The summed E-state index contributed by atoms with van der Waals surface area (Å²) in [6.45, 7) is 5.04. The first-order valence-corrected chi connectivity index (χ1v) is 7.61. The van der Waals surface area contributed by atoms with E-state index in [1.165, 1.54) is 5.56 Å². The zero-order valence-corrected chi connectivity index (χ0v) is 11.8. The predicted molar refractivity (Wildman–Crippen MR) is 76.4 cm³/mol. The van der Waals surface area contributed by atoms with Crippen molar-refractivity contribution >= 4 is 17.5 Å². The molecule has 2 nitrogen and oxygen atoms in total. The summed E-state index contributed by atoms with van der Waals surface area (Å²) in [6, 6.07) is 7.96. The molecule has 0 amide bonds. The van der Waals surface area contributed by atoms with Crippen LogP contribution in [0.4, 0.5) is 0 Å². The van der Waals surface area contributed by atoms with E-state index in [0.717, 1.165) is 25.0 Å². The number of hydrogen-bond donors (Lipinski definition) is 0. The van der Waals surface area contributed by atoms with Crippen molar-refractivity contribution in [3.05, 3.63) is 35.4 Å². The van der Waals surface area contributed by atoms with E-state index in [0.29, 0.717) is 11.0 Å². The molecule has 0 aromatic heterocycles. The fourth-order valence-electron chi connectivity index (χ4n) is 2.12. The van der Waals surface area contributed by atoms with Crippen LogP contribution in [0.3, 0.4) is 0 Å². The van der Waals surface area contributed by atoms with Crippen LogP contribution < -0.4 is 0 Å². The summed E-state index contributed by atoms with van der Waals surface area (Å²) in [4.78, 5) is 12.0. The van der Waals surface area contributed by atoms with Gasteiger partial charge in [-0.1, -0.05) is 31.2 Å². The number of carbonyl (C=O) groups excluding carboxylic acids is 1. The standard InChI is InChI=1S/C15H20O2S/c1-3-12-4-6-13(7-5-12)14(16)10-18-15-8-9-17-11(15)2/h4-7,11,15H,3,8-10H2,1-2H3. The molecule has 98 valence electrons. The van der Waals surface area contributed by atoms with Crippen LogP contribution >= 0.6 is 11.8 Å². The van der Waals surface area contributed by atoms with Crippen molar-refractivity contribution in [2.75, 3.05) is 12.4 Å². The zero-order chi connectivity index (χ0) is 13.0. The molecule has 0 saturated carbocycles. The minimum atomic E-state index is 0.224. The van der Waals surface area contributed by atoms with Crippen LogP contribution in [0.5, 0.6) is 0 Å². The Bertz CT molecular complexity index is 399. The molecule has 2 atom stereocenters. The summed E-state index contributed by atoms with van der Waals surface area (Å²) >= 11 is 1.73. The van der Waals surface area contributed by atoms with E-state index in [9.17, 15) is 4.79 Å². The van der Waals surface area contributed by atoms with Gasteiger partial charge >= 0.3 is 0 Å². The molecule has 2 unspecified atom stereocenters. The molecule has 0 bridgehead atoms. The van der Waals surface area contributed by atoms with Crippen LogP contribution in [0.2, 0.25) is 0 Å². The van der Waals surface area contributed by atoms with Crippen molar-refractivity contribution in [2.24, 2.45) is 0 Å². The highest BCUT2D eigenvalue weighted by Gasteiger charge is 2.25. The number of ketones is 1. The SMILES string of the molecule is CCc1ccc(C(=O)CSC2CCOC2C)cc1. The fourth-order valence-corrected chi connectivity index (χ4v) is 3.27. The average molecular weight is 264 g/mol. The van der Waals surface area contributed by atoms with Crippen LogP contribution in [0, 0.1) is 0 Å². The van der Waals surface area contributed by atoms with Crippen molar-refractivity contribution in [1.29, 1.82) is 0 Å². The summed E-state index contributed by atoms with van der Waals surface area (Å²) in [7, 11) is 0. The van der Waals surface area contributed by atoms with Gasteiger partial charge in [-0.25, -0.2) is 0 Å². The van der Waals surface area contributed by atoms with Crippen LogP contribution in [-0.2, 0) is 11.2 Å². The normalized spacial score (nSPS) is 23.2. The van der Waals surface area contributed by atoms with Crippen molar-refractivity contribution in [1.82, 2.24) is 0 Å². The molecule has 0 radical (unpaired) electrons. The molecule has 18 heavy (non-hydrogen) atoms.